The SMILES string of the molecule is CCCCC(N)(NC(=O)c1ccc2c(c1)OCO2)C(=O)OC. The van der Waals surface area contributed by atoms with E-state index in [1.54, 1.807) is 18.2 Å². The Morgan fingerprint density at radius 1 is 1.36 bits per heavy atom. The molecule has 1 amide bonds. The first-order valence-electron chi connectivity index (χ1n) is 7.09. The number of carbonyl (C=O) groups excluding carboxylic acids is 2. The molecule has 0 aromatic heterocycles. The van der Waals surface area contributed by atoms with Gasteiger partial charge in [-0.1, -0.05) is 13.3 Å². The minimum Gasteiger partial charge on any atom is -0.466 e. The molecule has 22 heavy (non-hydrogen) atoms. The van der Waals surface area contributed by atoms with Gasteiger partial charge in [-0.2, -0.15) is 0 Å². The second kappa shape index (κ2) is 6.65. The zero-order valence-electron chi connectivity index (χ0n) is 12.7. The number of unbranched alkanes of at least 4 members (excludes halogenated alkanes) is 1. The van der Waals surface area contributed by atoms with Crippen LogP contribution < -0.4 is 20.5 Å². The van der Waals surface area contributed by atoms with E-state index in [1.165, 1.54) is 7.11 Å². The Balaban J connectivity index is 2.15. The Labute approximate surface area is 128 Å². The molecule has 1 aromatic rings. The van der Waals surface area contributed by atoms with Crippen LogP contribution in [-0.2, 0) is 9.53 Å². The van der Waals surface area contributed by atoms with Gasteiger partial charge in [-0.15, -0.1) is 0 Å². The molecule has 7 nitrogen and oxygen atoms in total. The number of nitrogens with one attached hydrogen (secondary N) is 1. The fraction of sp³-hybridized carbons (Fsp3) is 0.467. The van der Waals surface area contributed by atoms with Gasteiger partial charge >= 0.3 is 5.97 Å². The van der Waals surface area contributed by atoms with E-state index in [1.807, 2.05) is 6.92 Å². The van der Waals surface area contributed by atoms with E-state index in [0.717, 1.165) is 6.42 Å². The molecule has 1 unspecified atom stereocenters. The summed E-state index contributed by atoms with van der Waals surface area (Å²) in [4.78, 5) is 24.2. The standard InChI is InChI=1S/C15H20N2O5/c1-3-4-7-15(16,14(19)20-2)17-13(18)10-5-6-11-12(8-10)22-9-21-11/h5-6,8H,3-4,7,9,16H2,1-2H3,(H,17,18). The zero-order valence-corrected chi connectivity index (χ0v) is 12.7. The van der Waals surface area contributed by atoms with E-state index in [0.29, 0.717) is 29.9 Å². The molecule has 1 aliphatic heterocycles. The first-order valence-corrected chi connectivity index (χ1v) is 7.09. The molecule has 120 valence electrons. The summed E-state index contributed by atoms with van der Waals surface area (Å²) in [5, 5.41) is 2.55. The number of hydrogen-bond acceptors (Lipinski definition) is 6. The largest absolute Gasteiger partial charge is 0.466 e. The molecule has 0 aliphatic carbocycles. The molecule has 1 aromatic carbocycles. The number of esters is 1. The van der Waals surface area contributed by atoms with Crippen LogP contribution in [0.15, 0.2) is 18.2 Å². The number of ether oxygens (including phenoxy) is 3. The Kier molecular flexibility index (Phi) is 4.87. The van der Waals surface area contributed by atoms with Crippen molar-refractivity contribution in [3.05, 3.63) is 23.8 Å². The Hall–Kier alpha value is -2.28. The number of hydrogen-bond donors (Lipinski definition) is 2. The number of benzene rings is 1. The highest BCUT2D eigenvalue weighted by Crippen LogP contribution is 2.32. The van der Waals surface area contributed by atoms with Gasteiger partial charge in [0.2, 0.25) is 6.79 Å². The monoisotopic (exact) mass is 308 g/mol. The molecule has 3 N–H and O–H groups in total. The normalized spacial score (nSPS) is 15.0. The van der Waals surface area contributed by atoms with Crippen LogP contribution in [0.25, 0.3) is 0 Å². The first kappa shape index (κ1) is 16.1. The molecule has 1 aliphatic rings. The molecule has 0 bridgehead atoms. The maximum Gasteiger partial charge on any atom is 0.346 e. The highest BCUT2D eigenvalue weighted by Gasteiger charge is 2.36. The third kappa shape index (κ3) is 3.30. The van der Waals surface area contributed by atoms with Gasteiger partial charge in [-0.05, 0) is 31.0 Å². The average Bonchev–Trinajstić information content (AvgIpc) is 2.99. The summed E-state index contributed by atoms with van der Waals surface area (Å²) < 4.78 is 15.1. The predicted molar refractivity (Wildman–Crippen MR) is 78.5 cm³/mol. The maximum absolute atomic E-state index is 12.3. The van der Waals surface area contributed by atoms with Crippen LogP contribution in [0, 0.1) is 0 Å². The fourth-order valence-electron chi connectivity index (χ4n) is 2.17. The van der Waals surface area contributed by atoms with Gasteiger partial charge in [-0.3, -0.25) is 10.5 Å². The van der Waals surface area contributed by atoms with Crippen molar-refractivity contribution in [1.29, 1.82) is 0 Å². The zero-order chi connectivity index (χ0) is 16.2. The van der Waals surface area contributed by atoms with Gasteiger partial charge in [0.15, 0.2) is 17.2 Å². The van der Waals surface area contributed by atoms with E-state index in [-0.39, 0.29) is 6.79 Å². The number of carbonyl (C=O) groups is 2. The van der Waals surface area contributed by atoms with E-state index in [2.05, 4.69) is 5.32 Å². The van der Waals surface area contributed by atoms with Gasteiger partial charge in [0.1, 0.15) is 0 Å². The lowest BCUT2D eigenvalue weighted by Crippen LogP contribution is -2.62. The van der Waals surface area contributed by atoms with Crippen molar-refractivity contribution in [2.75, 3.05) is 13.9 Å². The molecule has 0 radical (unpaired) electrons. The van der Waals surface area contributed by atoms with Crippen molar-refractivity contribution in [3.63, 3.8) is 0 Å². The first-order chi connectivity index (χ1) is 10.5. The topological polar surface area (TPSA) is 99.9 Å². The number of methoxy groups -OCH3 is 1. The number of fused-ring (bicyclic) bond motifs is 1. The molecule has 0 saturated heterocycles. The molecule has 0 fully saturated rings. The summed E-state index contributed by atoms with van der Waals surface area (Å²) in [7, 11) is 1.24. The van der Waals surface area contributed by atoms with Crippen molar-refractivity contribution in [2.24, 2.45) is 5.73 Å². The summed E-state index contributed by atoms with van der Waals surface area (Å²) in [5.41, 5.74) is 4.82. The summed E-state index contributed by atoms with van der Waals surface area (Å²) >= 11 is 0. The van der Waals surface area contributed by atoms with Crippen LogP contribution in [0.5, 0.6) is 11.5 Å². The summed E-state index contributed by atoms with van der Waals surface area (Å²) in [6, 6.07) is 4.77. The highest BCUT2D eigenvalue weighted by atomic mass is 16.7. The highest BCUT2D eigenvalue weighted by molar-refractivity contribution is 5.98. The van der Waals surface area contributed by atoms with E-state index in [9.17, 15) is 9.59 Å². The second-order valence-electron chi connectivity index (χ2n) is 5.09. The minimum atomic E-state index is -1.54. The summed E-state index contributed by atoms with van der Waals surface area (Å²) in [5.74, 6) is -0.0752. The quantitative estimate of drug-likeness (QED) is 0.604. The van der Waals surface area contributed by atoms with Crippen LogP contribution in [0.1, 0.15) is 36.5 Å². The Morgan fingerprint density at radius 2 is 2.09 bits per heavy atom. The second-order valence-corrected chi connectivity index (χ2v) is 5.09. The van der Waals surface area contributed by atoms with Gasteiger partial charge in [0, 0.05) is 5.56 Å². The fourth-order valence-corrected chi connectivity index (χ4v) is 2.17. The lowest BCUT2D eigenvalue weighted by molar-refractivity contribution is -0.148. The molecule has 1 atom stereocenters. The molecule has 2 rings (SSSR count). The third-order valence-corrected chi connectivity index (χ3v) is 3.45. The van der Waals surface area contributed by atoms with Crippen LogP contribution in [0.3, 0.4) is 0 Å². The molecule has 7 heteroatoms. The Morgan fingerprint density at radius 3 is 2.77 bits per heavy atom. The number of rotatable bonds is 6. The minimum absolute atomic E-state index is 0.125. The van der Waals surface area contributed by atoms with Crippen LogP contribution in [0.4, 0.5) is 0 Å². The lowest BCUT2D eigenvalue weighted by atomic mass is 10.0. The van der Waals surface area contributed by atoms with Crippen LogP contribution in [-0.4, -0.2) is 31.4 Å². The van der Waals surface area contributed by atoms with Crippen LogP contribution in [0.2, 0.25) is 0 Å². The van der Waals surface area contributed by atoms with E-state index < -0.39 is 17.5 Å². The molecule has 1 heterocycles. The van der Waals surface area contributed by atoms with Gasteiger partial charge in [0.05, 0.1) is 7.11 Å². The molecule has 0 saturated carbocycles. The maximum atomic E-state index is 12.3. The number of amides is 1. The van der Waals surface area contributed by atoms with Gasteiger partial charge < -0.3 is 19.5 Å². The van der Waals surface area contributed by atoms with Crippen molar-refractivity contribution in [3.8, 4) is 11.5 Å². The molecular formula is C15H20N2O5. The third-order valence-electron chi connectivity index (χ3n) is 3.45. The van der Waals surface area contributed by atoms with Gasteiger partial charge in [-0.25, -0.2) is 4.79 Å². The van der Waals surface area contributed by atoms with Crippen molar-refractivity contribution in [1.82, 2.24) is 5.32 Å². The number of nitrogens with two attached hydrogens (primary N) is 1. The van der Waals surface area contributed by atoms with Crippen molar-refractivity contribution < 1.29 is 23.8 Å². The molecule has 0 spiro atoms. The predicted octanol–water partition coefficient (Wildman–Crippen LogP) is 1.16. The lowest BCUT2D eigenvalue weighted by Gasteiger charge is -2.27. The van der Waals surface area contributed by atoms with E-state index >= 15 is 0 Å². The molecular weight excluding hydrogens is 288 g/mol. The smallest absolute Gasteiger partial charge is 0.346 e. The average molecular weight is 308 g/mol. The summed E-state index contributed by atoms with van der Waals surface area (Å²) in [6.07, 6.45) is 1.83. The van der Waals surface area contributed by atoms with Crippen LogP contribution >= 0.6 is 0 Å². The van der Waals surface area contributed by atoms with E-state index in [4.69, 9.17) is 19.9 Å². The van der Waals surface area contributed by atoms with Crippen molar-refractivity contribution >= 4 is 11.9 Å². The summed E-state index contributed by atoms with van der Waals surface area (Å²) in [6.45, 7) is 2.09. The van der Waals surface area contributed by atoms with Crippen molar-refractivity contribution in [2.45, 2.75) is 31.8 Å². The van der Waals surface area contributed by atoms with Gasteiger partial charge in [0.25, 0.3) is 5.91 Å². The Bertz CT molecular complexity index is 575.